The summed E-state index contributed by atoms with van der Waals surface area (Å²) in [6.07, 6.45) is -12.7. The van der Waals surface area contributed by atoms with E-state index in [0.29, 0.717) is 0 Å². The number of esters is 1. The van der Waals surface area contributed by atoms with Gasteiger partial charge in [0.2, 0.25) is 5.92 Å². The maximum atomic E-state index is 13.3. The molecule has 0 saturated heterocycles. The van der Waals surface area contributed by atoms with Gasteiger partial charge >= 0.3 is 18.3 Å². The Labute approximate surface area is 143 Å². The van der Waals surface area contributed by atoms with Gasteiger partial charge in [0.05, 0.1) is 23.8 Å². The molecule has 0 aromatic carbocycles. The number of allylic oxidation sites excluding steroid dienone is 1. The zero-order valence-electron chi connectivity index (χ0n) is 13.5. The average molecular weight is 393 g/mol. The molecule has 1 heterocycles. The van der Waals surface area contributed by atoms with E-state index >= 15 is 0 Å². The van der Waals surface area contributed by atoms with E-state index in [-0.39, 0.29) is 13.0 Å². The quantitative estimate of drug-likeness (QED) is 0.517. The number of carbonyl (C=O) groups is 1. The van der Waals surface area contributed by atoms with Gasteiger partial charge in [-0.25, -0.2) is 13.6 Å². The minimum Gasteiger partial charge on any atom is -0.463 e. The highest BCUT2D eigenvalue weighted by atomic mass is 19.4. The Morgan fingerprint density at radius 2 is 1.81 bits per heavy atom. The van der Waals surface area contributed by atoms with Crippen LogP contribution in [0.15, 0.2) is 16.1 Å². The summed E-state index contributed by atoms with van der Waals surface area (Å²) >= 11 is 0. The van der Waals surface area contributed by atoms with Crippen LogP contribution in [-0.4, -0.2) is 42.6 Å². The van der Waals surface area contributed by atoms with Crippen LogP contribution in [0.4, 0.5) is 35.1 Å². The maximum Gasteiger partial charge on any atom is 0.433 e. The molecule has 0 aromatic rings. The van der Waals surface area contributed by atoms with Crippen molar-refractivity contribution in [2.75, 3.05) is 6.61 Å². The van der Waals surface area contributed by atoms with Crippen LogP contribution in [0.3, 0.4) is 0 Å². The lowest BCUT2D eigenvalue weighted by molar-refractivity contribution is -0.140. The summed E-state index contributed by atoms with van der Waals surface area (Å²) in [6, 6.07) is -1.82. The Bertz CT molecular complexity index is 633. The second-order valence-electron chi connectivity index (χ2n) is 6.20. The van der Waals surface area contributed by atoms with Gasteiger partial charge in [-0.1, -0.05) is 0 Å². The van der Waals surface area contributed by atoms with Gasteiger partial charge in [-0.3, -0.25) is 4.99 Å². The summed E-state index contributed by atoms with van der Waals surface area (Å²) in [7, 11) is 0. The second-order valence-corrected chi connectivity index (χ2v) is 6.20. The van der Waals surface area contributed by atoms with Gasteiger partial charge in [-0.2, -0.15) is 26.3 Å². The molecule has 26 heavy (non-hydrogen) atoms. The molecule has 1 aliphatic carbocycles. The number of ether oxygens (including phenoxy) is 1. The van der Waals surface area contributed by atoms with Crippen LogP contribution in [-0.2, 0) is 9.53 Å². The number of carbonyl (C=O) groups excluding carboxylic acids is 1. The molecule has 1 aliphatic heterocycles. The van der Waals surface area contributed by atoms with E-state index in [0.717, 1.165) is 0 Å². The number of nitrogens with zero attached hydrogens (tertiary/aromatic N) is 1. The molecule has 148 valence electrons. The van der Waals surface area contributed by atoms with Crippen molar-refractivity contribution < 1.29 is 44.7 Å². The van der Waals surface area contributed by atoms with Crippen LogP contribution in [0.1, 0.15) is 32.6 Å². The van der Waals surface area contributed by atoms with Crippen molar-refractivity contribution in [1.29, 1.82) is 0 Å². The Balaban J connectivity index is 2.45. The largest absolute Gasteiger partial charge is 0.463 e. The zero-order valence-corrected chi connectivity index (χ0v) is 13.5. The van der Waals surface area contributed by atoms with Gasteiger partial charge in [-0.15, -0.1) is 0 Å². The van der Waals surface area contributed by atoms with Crippen molar-refractivity contribution >= 4 is 11.7 Å². The monoisotopic (exact) mass is 393 g/mol. The van der Waals surface area contributed by atoms with E-state index in [9.17, 15) is 39.9 Å². The summed E-state index contributed by atoms with van der Waals surface area (Å²) in [6.45, 7) is 0.918. The summed E-state index contributed by atoms with van der Waals surface area (Å²) < 4.78 is 110. The lowest BCUT2D eigenvalue weighted by atomic mass is 9.92. The van der Waals surface area contributed by atoms with Gasteiger partial charge in [0.25, 0.3) is 0 Å². The maximum absolute atomic E-state index is 13.3. The van der Waals surface area contributed by atoms with Gasteiger partial charge in [-0.05, 0) is 25.7 Å². The van der Waals surface area contributed by atoms with E-state index in [1.165, 1.54) is 6.92 Å². The van der Waals surface area contributed by atoms with Crippen LogP contribution in [0.25, 0.3) is 0 Å². The molecule has 2 aliphatic rings. The number of halogens is 8. The second kappa shape index (κ2) is 6.80. The number of aliphatic imine (C=N–C) groups is 1. The van der Waals surface area contributed by atoms with Gasteiger partial charge in [0.15, 0.2) is 5.71 Å². The molecular formula is C15H15F8NO2. The fourth-order valence-electron chi connectivity index (χ4n) is 3.26. The molecule has 1 fully saturated rings. The lowest BCUT2D eigenvalue weighted by Gasteiger charge is -2.18. The topological polar surface area (TPSA) is 38.7 Å². The molecule has 11 heteroatoms. The minimum absolute atomic E-state index is 0.0716. The molecule has 0 N–H and O–H groups in total. The number of hydrogen-bond acceptors (Lipinski definition) is 3. The van der Waals surface area contributed by atoms with Gasteiger partial charge < -0.3 is 4.74 Å². The van der Waals surface area contributed by atoms with E-state index in [1.54, 1.807) is 0 Å². The summed E-state index contributed by atoms with van der Waals surface area (Å²) in [4.78, 5) is 15.0. The Kier molecular flexibility index (Phi) is 5.40. The first kappa shape index (κ1) is 20.6. The Morgan fingerprint density at radius 1 is 1.19 bits per heavy atom. The zero-order chi connectivity index (χ0) is 19.9. The van der Waals surface area contributed by atoms with Crippen LogP contribution >= 0.6 is 0 Å². The number of alkyl halides is 8. The SMILES string of the molecule is CCOC(=O)C1=C(C(F)(F)F)C(C(F)(F)F)=NC1CC1CCC(F)(F)C1. The molecule has 2 rings (SSSR count). The first-order chi connectivity index (χ1) is 11.8. The third-order valence-electron chi connectivity index (χ3n) is 4.23. The standard InChI is InChI=1S/C15H15F8NO2/c1-2-26-12(25)9-8(5-7-3-4-13(16,17)6-7)24-11(15(21,22)23)10(9)14(18,19)20/h7-8H,2-6H2,1H3. The highest BCUT2D eigenvalue weighted by molar-refractivity contribution is 6.13. The van der Waals surface area contributed by atoms with Crippen LogP contribution in [0, 0.1) is 5.92 Å². The molecule has 0 aromatic heterocycles. The van der Waals surface area contributed by atoms with Crippen molar-refractivity contribution in [2.45, 2.75) is 56.9 Å². The summed E-state index contributed by atoms with van der Waals surface area (Å²) in [5.74, 6) is -5.44. The Morgan fingerprint density at radius 3 is 2.23 bits per heavy atom. The van der Waals surface area contributed by atoms with Crippen molar-refractivity contribution in [1.82, 2.24) is 0 Å². The lowest BCUT2D eigenvalue weighted by Crippen LogP contribution is -2.32. The predicted molar refractivity (Wildman–Crippen MR) is 73.9 cm³/mol. The van der Waals surface area contributed by atoms with E-state index in [2.05, 4.69) is 9.73 Å². The highest BCUT2D eigenvalue weighted by Crippen LogP contribution is 2.46. The molecule has 2 atom stereocenters. The summed E-state index contributed by atoms with van der Waals surface area (Å²) in [5, 5.41) is 0. The van der Waals surface area contributed by atoms with Crippen molar-refractivity contribution in [3.05, 3.63) is 11.1 Å². The molecule has 1 saturated carbocycles. The first-order valence-electron chi connectivity index (χ1n) is 7.78. The van der Waals surface area contributed by atoms with Crippen molar-refractivity contribution in [2.24, 2.45) is 10.9 Å². The van der Waals surface area contributed by atoms with Crippen molar-refractivity contribution in [3.8, 4) is 0 Å². The third kappa shape index (κ3) is 4.35. The fourth-order valence-corrected chi connectivity index (χ4v) is 3.26. The van der Waals surface area contributed by atoms with Crippen LogP contribution in [0.2, 0.25) is 0 Å². The number of hydrogen-bond donors (Lipinski definition) is 0. The van der Waals surface area contributed by atoms with E-state index in [4.69, 9.17) is 0 Å². The normalized spacial score (nSPS) is 26.3. The van der Waals surface area contributed by atoms with Crippen LogP contribution < -0.4 is 0 Å². The smallest absolute Gasteiger partial charge is 0.433 e. The molecule has 3 nitrogen and oxygen atoms in total. The summed E-state index contributed by atoms with van der Waals surface area (Å²) in [5.41, 5.74) is -5.68. The molecular weight excluding hydrogens is 378 g/mol. The predicted octanol–water partition coefficient (Wildman–Crippen LogP) is 4.62. The molecule has 0 bridgehead atoms. The third-order valence-corrected chi connectivity index (χ3v) is 4.23. The molecule has 0 amide bonds. The average Bonchev–Trinajstić information content (AvgIpc) is 2.99. The van der Waals surface area contributed by atoms with Crippen molar-refractivity contribution in [3.63, 3.8) is 0 Å². The van der Waals surface area contributed by atoms with E-state index < -0.39 is 72.3 Å². The first-order valence-corrected chi connectivity index (χ1v) is 7.78. The van der Waals surface area contributed by atoms with Gasteiger partial charge in [0, 0.05) is 12.8 Å². The Hall–Kier alpha value is -1.68. The molecule has 0 spiro atoms. The minimum atomic E-state index is -5.50. The molecule has 2 unspecified atom stereocenters. The van der Waals surface area contributed by atoms with E-state index in [1.807, 2.05) is 0 Å². The fraction of sp³-hybridized carbons (Fsp3) is 0.733. The highest BCUT2D eigenvalue weighted by Gasteiger charge is 2.56. The molecule has 0 radical (unpaired) electrons. The van der Waals surface area contributed by atoms with Gasteiger partial charge in [0.1, 0.15) is 0 Å². The number of rotatable bonds is 4. The van der Waals surface area contributed by atoms with Crippen LogP contribution in [0.5, 0.6) is 0 Å².